The summed E-state index contributed by atoms with van der Waals surface area (Å²) >= 11 is 6.26. The van der Waals surface area contributed by atoms with Crippen LogP contribution in [0.2, 0.25) is 5.02 Å². The van der Waals surface area contributed by atoms with Crippen molar-refractivity contribution in [3.8, 4) is 11.5 Å². The molecule has 1 aliphatic rings. The largest absolute Gasteiger partial charge is 0.465 e. The number of aromatic nitrogens is 4. The number of fused-ring (bicyclic) bond motifs is 1. The summed E-state index contributed by atoms with van der Waals surface area (Å²) in [5.41, 5.74) is 0.710. The summed E-state index contributed by atoms with van der Waals surface area (Å²) in [6.07, 6.45) is 1.90. The van der Waals surface area contributed by atoms with Gasteiger partial charge in [-0.1, -0.05) is 23.7 Å². The van der Waals surface area contributed by atoms with Gasteiger partial charge in [0.2, 0.25) is 5.89 Å². The van der Waals surface area contributed by atoms with E-state index in [1.807, 2.05) is 0 Å². The Labute approximate surface area is 198 Å². The number of hydrogen-bond donors (Lipinski definition) is 0. The van der Waals surface area contributed by atoms with Gasteiger partial charge < -0.3 is 9.15 Å². The summed E-state index contributed by atoms with van der Waals surface area (Å²) in [5.74, 6) is 0.288. The van der Waals surface area contributed by atoms with E-state index in [2.05, 4.69) is 9.97 Å². The van der Waals surface area contributed by atoms with E-state index in [0.29, 0.717) is 27.7 Å². The van der Waals surface area contributed by atoms with Crippen molar-refractivity contribution in [2.75, 3.05) is 7.11 Å². The first-order valence-electron chi connectivity index (χ1n) is 10.7. The molecule has 0 aliphatic heterocycles. The number of esters is 1. The van der Waals surface area contributed by atoms with E-state index in [4.69, 9.17) is 20.8 Å². The maximum Gasteiger partial charge on any atom is 0.338 e. The molecule has 0 spiro atoms. The molecule has 0 saturated heterocycles. The van der Waals surface area contributed by atoms with Crippen LogP contribution in [-0.4, -0.2) is 32.2 Å². The maximum absolute atomic E-state index is 13.5. The maximum atomic E-state index is 13.5. The van der Waals surface area contributed by atoms with E-state index in [1.165, 1.54) is 18.7 Å². The van der Waals surface area contributed by atoms with E-state index in [9.17, 15) is 14.4 Å². The highest BCUT2D eigenvalue weighted by Gasteiger charge is 2.29. The minimum Gasteiger partial charge on any atom is -0.465 e. The van der Waals surface area contributed by atoms with Crippen LogP contribution in [0.15, 0.2) is 44.3 Å². The Morgan fingerprint density at radius 1 is 1.24 bits per heavy atom. The molecular weight excluding hydrogens is 460 g/mol. The minimum absolute atomic E-state index is 0.0332. The van der Waals surface area contributed by atoms with Crippen molar-refractivity contribution < 1.29 is 13.9 Å². The Balaban J connectivity index is 1.68. The third-order valence-electron chi connectivity index (χ3n) is 6.02. The number of pyridine rings is 1. The fraction of sp³-hybridized carbons (Fsp3) is 0.292. The fourth-order valence-corrected chi connectivity index (χ4v) is 4.19. The Kier molecular flexibility index (Phi) is 5.36. The molecule has 5 rings (SSSR count). The van der Waals surface area contributed by atoms with Crippen LogP contribution < -0.4 is 11.2 Å². The van der Waals surface area contributed by atoms with Crippen molar-refractivity contribution in [2.45, 2.75) is 32.2 Å². The van der Waals surface area contributed by atoms with Gasteiger partial charge in [0.15, 0.2) is 0 Å². The van der Waals surface area contributed by atoms with Crippen molar-refractivity contribution in [2.24, 2.45) is 7.05 Å². The van der Waals surface area contributed by atoms with Crippen LogP contribution in [0.3, 0.4) is 0 Å². The van der Waals surface area contributed by atoms with Crippen molar-refractivity contribution >= 4 is 28.6 Å². The lowest BCUT2D eigenvalue weighted by Crippen LogP contribution is -2.40. The molecule has 0 N–H and O–H groups in total. The second kappa shape index (κ2) is 8.25. The number of rotatable bonds is 5. The van der Waals surface area contributed by atoms with Crippen LogP contribution in [-0.2, 0) is 18.3 Å². The number of nitrogens with zero attached hydrogens (tertiary/aromatic N) is 4. The van der Waals surface area contributed by atoms with Crippen LogP contribution in [0.4, 0.5) is 0 Å². The Morgan fingerprint density at radius 2 is 1.97 bits per heavy atom. The van der Waals surface area contributed by atoms with Gasteiger partial charge in [0.25, 0.3) is 5.56 Å². The average Bonchev–Trinajstić information content (AvgIpc) is 3.62. The second-order valence-electron chi connectivity index (χ2n) is 8.29. The van der Waals surface area contributed by atoms with Crippen molar-refractivity contribution in [1.29, 1.82) is 0 Å². The molecule has 0 radical (unpaired) electrons. The zero-order chi connectivity index (χ0) is 24.1. The molecule has 4 aromatic rings. The molecule has 3 aromatic heterocycles. The van der Waals surface area contributed by atoms with Crippen molar-refractivity contribution in [3.63, 3.8) is 0 Å². The summed E-state index contributed by atoms with van der Waals surface area (Å²) in [5, 5.41) is 0.500. The molecule has 0 unspecified atom stereocenters. The monoisotopic (exact) mass is 480 g/mol. The number of carbonyl (C=O) groups is 1. The predicted octanol–water partition coefficient (Wildman–Crippen LogP) is 3.42. The van der Waals surface area contributed by atoms with E-state index < -0.39 is 17.2 Å². The van der Waals surface area contributed by atoms with Crippen LogP contribution in [0.1, 0.15) is 46.3 Å². The zero-order valence-electron chi connectivity index (χ0n) is 18.8. The number of halogens is 1. The number of methoxy groups -OCH3 is 1. The second-order valence-corrected chi connectivity index (χ2v) is 8.70. The third-order valence-corrected chi connectivity index (χ3v) is 6.35. The molecule has 174 valence electrons. The third kappa shape index (κ3) is 3.62. The highest BCUT2D eigenvalue weighted by atomic mass is 35.5. The molecule has 1 saturated carbocycles. The van der Waals surface area contributed by atoms with Crippen LogP contribution in [0, 0.1) is 6.92 Å². The fourth-order valence-electron chi connectivity index (χ4n) is 3.97. The lowest BCUT2D eigenvalue weighted by Gasteiger charge is -2.13. The summed E-state index contributed by atoms with van der Waals surface area (Å²) in [6, 6.07) is 8.68. The normalized spacial score (nSPS) is 13.4. The molecule has 1 fully saturated rings. The first-order valence-corrected chi connectivity index (χ1v) is 11.1. The highest BCUT2D eigenvalue weighted by Crippen LogP contribution is 2.40. The molecule has 0 amide bonds. The number of carbonyl (C=O) groups excluding carboxylic acids is 1. The molecule has 10 heteroatoms. The number of ether oxygens (including phenoxy) is 1. The van der Waals surface area contributed by atoms with Gasteiger partial charge in [0.05, 0.1) is 35.2 Å². The van der Waals surface area contributed by atoms with Gasteiger partial charge in [-0.25, -0.2) is 19.6 Å². The SMILES string of the molecule is COC(=O)c1cc(C2CC2)nc2c1c(=O)n(Cc1nc(-c3ccccc3Cl)oc1C)c(=O)n2C. The van der Waals surface area contributed by atoms with Crippen molar-refractivity contribution in [1.82, 2.24) is 19.1 Å². The number of oxazole rings is 1. The number of benzene rings is 1. The molecule has 3 heterocycles. The first-order chi connectivity index (χ1) is 16.3. The van der Waals surface area contributed by atoms with E-state index in [1.54, 1.807) is 37.3 Å². The summed E-state index contributed by atoms with van der Waals surface area (Å²) < 4.78 is 13.0. The molecule has 1 aromatic carbocycles. The van der Waals surface area contributed by atoms with Gasteiger partial charge in [-0.05, 0) is 38.0 Å². The highest BCUT2D eigenvalue weighted by molar-refractivity contribution is 6.33. The number of aryl methyl sites for hydroxylation is 2. The van der Waals surface area contributed by atoms with Crippen molar-refractivity contribution in [3.05, 3.63) is 78.9 Å². The quantitative estimate of drug-likeness (QED) is 0.402. The lowest BCUT2D eigenvalue weighted by atomic mass is 10.1. The van der Waals surface area contributed by atoms with Crippen LogP contribution >= 0.6 is 11.6 Å². The summed E-state index contributed by atoms with van der Waals surface area (Å²) in [6.45, 7) is 1.55. The van der Waals surface area contributed by atoms with Crippen LogP contribution in [0.25, 0.3) is 22.5 Å². The average molecular weight is 481 g/mol. The molecule has 9 nitrogen and oxygen atoms in total. The molecule has 1 aliphatic carbocycles. The summed E-state index contributed by atoms with van der Waals surface area (Å²) in [4.78, 5) is 48.3. The Hall–Kier alpha value is -3.72. The first kappa shape index (κ1) is 22.1. The topological polar surface area (TPSA) is 109 Å². The minimum atomic E-state index is -0.657. The zero-order valence-corrected chi connectivity index (χ0v) is 19.5. The van der Waals surface area contributed by atoms with Crippen LogP contribution in [0.5, 0.6) is 0 Å². The van der Waals surface area contributed by atoms with Gasteiger partial charge in [-0.2, -0.15) is 0 Å². The van der Waals surface area contributed by atoms with Gasteiger partial charge in [-0.3, -0.25) is 13.9 Å². The van der Waals surface area contributed by atoms with E-state index >= 15 is 0 Å². The molecule has 0 atom stereocenters. The predicted molar refractivity (Wildman–Crippen MR) is 125 cm³/mol. The standard InChI is InChI=1S/C24H21ClN4O5/c1-12-18(27-21(34-12)14-6-4-5-7-16(14)25)11-29-22(30)19-15(23(31)33-3)10-17(13-8-9-13)26-20(19)28(2)24(29)32/h4-7,10,13H,8-9,11H2,1-3H3. The molecule has 34 heavy (non-hydrogen) atoms. The Bertz CT molecular complexity index is 1580. The Morgan fingerprint density at radius 3 is 2.65 bits per heavy atom. The van der Waals surface area contributed by atoms with E-state index in [0.717, 1.165) is 17.4 Å². The number of hydrogen-bond acceptors (Lipinski definition) is 7. The molecule has 0 bridgehead atoms. The van der Waals surface area contributed by atoms with E-state index in [-0.39, 0.29) is 35.0 Å². The molecular formula is C24H21ClN4O5. The summed E-state index contributed by atoms with van der Waals surface area (Å²) in [7, 11) is 2.77. The lowest BCUT2D eigenvalue weighted by molar-refractivity contribution is 0.0602. The van der Waals surface area contributed by atoms with Gasteiger partial charge >= 0.3 is 11.7 Å². The smallest absolute Gasteiger partial charge is 0.338 e. The van der Waals surface area contributed by atoms with Gasteiger partial charge in [0.1, 0.15) is 17.1 Å². The van der Waals surface area contributed by atoms with Gasteiger partial charge in [0, 0.05) is 18.7 Å². The van der Waals surface area contributed by atoms with Gasteiger partial charge in [-0.15, -0.1) is 0 Å².